The van der Waals surface area contributed by atoms with Gasteiger partial charge in [-0.3, -0.25) is 9.59 Å². The molecule has 0 fully saturated rings. The van der Waals surface area contributed by atoms with Crippen LogP contribution in [0.4, 0.5) is 0 Å². The molecule has 0 unspecified atom stereocenters. The number of aliphatic carboxylic acids is 1. The number of carbonyl (C=O) groups excluding carboxylic acids is 2. The molecule has 0 aliphatic carbocycles. The Morgan fingerprint density at radius 1 is 1.12 bits per heavy atom. The van der Waals surface area contributed by atoms with Gasteiger partial charge in [0.15, 0.2) is 0 Å². The van der Waals surface area contributed by atoms with Crippen LogP contribution in [-0.4, -0.2) is 28.8 Å². The van der Waals surface area contributed by atoms with Gasteiger partial charge in [-0.15, -0.1) is 0 Å². The minimum atomic E-state index is -1.04. The number of benzene rings is 1. The van der Waals surface area contributed by atoms with Crippen molar-refractivity contribution >= 4 is 17.7 Å². The number of carboxylic acid groups (broad SMARTS) is 1. The summed E-state index contributed by atoms with van der Waals surface area (Å²) in [5.41, 5.74) is 0.965. The third-order valence-corrected chi connectivity index (χ3v) is 4.30. The number of ketones is 1. The van der Waals surface area contributed by atoms with E-state index in [0.29, 0.717) is 19.3 Å². The van der Waals surface area contributed by atoms with Crippen molar-refractivity contribution in [2.24, 2.45) is 11.8 Å². The van der Waals surface area contributed by atoms with Gasteiger partial charge in [0.1, 0.15) is 11.8 Å². The number of nitrogens with one attached hydrogen (secondary N) is 1. The van der Waals surface area contributed by atoms with E-state index in [1.54, 1.807) is 0 Å². The van der Waals surface area contributed by atoms with E-state index in [2.05, 4.69) is 5.32 Å². The highest BCUT2D eigenvalue weighted by molar-refractivity contribution is 5.89. The van der Waals surface area contributed by atoms with Crippen molar-refractivity contribution in [3.05, 3.63) is 35.9 Å². The molecule has 0 aromatic heterocycles. The second-order valence-corrected chi connectivity index (χ2v) is 7.26. The number of unbranched alkanes of at least 4 members (excludes halogenated alkanes) is 1. The lowest BCUT2D eigenvalue weighted by atomic mass is 9.91. The highest BCUT2D eigenvalue weighted by atomic mass is 16.4. The monoisotopic (exact) mass is 361 g/mol. The van der Waals surface area contributed by atoms with E-state index < -0.39 is 17.9 Å². The van der Waals surface area contributed by atoms with E-state index in [9.17, 15) is 19.5 Å². The zero-order valence-electron chi connectivity index (χ0n) is 16.0. The summed E-state index contributed by atoms with van der Waals surface area (Å²) in [5.74, 6) is -1.74. The number of hydrogen-bond acceptors (Lipinski definition) is 3. The molecule has 0 aliphatic rings. The van der Waals surface area contributed by atoms with Crippen LogP contribution in [0.1, 0.15) is 58.4 Å². The molecule has 5 nitrogen and oxygen atoms in total. The van der Waals surface area contributed by atoms with E-state index in [1.807, 2.05) is 51.1 Å². The van der Waals surface area contributed by atoms with Crippen molar-refractivity contribution in [2.45, 2.75) is 65.3 Å². The van der Waals surface area contributed by atoms with Crippen LogP contribution in [0.3, 0.4) is 0 Å². The molecule has 1 aromatic carbocycles. The average Bonchev–Trinajstić information content (AvgIpc) is 2.59. The maximum atomic E-state index is 12.7. The Hall–Kier alpha value is -2.17. The van der Waals surface area contributed by atoms with Crippen LogP contribution < -0.4 is 5.32 Å². The van der Waals surface area contributed by atoms with Gasteiger partial charge in [0, 0.05) is 18.8 Å². The summed E-state index contributed by atoms with van der Waals surface area (Å²) in [6.07, 6.45) is 3.14. The Bertz CT molecular complexity index is 583. The van der Waals surface area contributed by atoms with E-state index in [4.69, 9.17) is 0 Å². The number of rotatable bonds is 12. The molecule has 1 aromatic rings. The van der Waals surface area contributed by atoms with Crippen LogP contribution in [0.5, 0.6) is 0 Å². The molecular weight excluding hydrogens is 330 g/mol. The standard InChI is InChI=1S/C21H31NO4/c1-4-5-11-18(23)14-17(13-16-9-7-6-8-10-16)20(24)22-19(21(25)26)12-15(2)3/h6-10,15,17,19H,4-5,11-14H2,1-3H3,(H,22,24)(H,25,26)/t17-,19-/m0/s1. The van der Waals surface area contributed by atoms with E-state index in [-0.39, 0.29) is 24.0 Å². The Balaban J connectivity index is 2.85. The number of amides is 1. The molecule has 26 heavy (non-hydrogen) atoms. The SMILES string of the molecule is CCCCC(=O)C[C@H](Cc1ccccc1)C(=O)N[C@@H](CC(C)C)C(=O)O. The predicted octanol–water partition coefficient (Wildman–Crippen LogP) is 3.61. The van der Waals surface area contributed by atoms with Gasteiger partial charge in [0.25, 0.3) is 0 Å². The van der Waals surface area contributed by atoms with E-state index in [1.165, 1.54) is 0 Å². The number of carboxylic acids is 1. The first-order valence-corrected chi connectivity index (χ1v) is 9.42. The highest BCUT2D eigenvalue weighted by Crippen LogP contribution is 2.16. The van der Waals surface area contributed by atoms with Gasteiger partial charge in [0.05, 0.1) is 0 Å². The molecule has 5 heteroatoms. The largest absolute Gasteiger partial charge is 0.480 e. The van der Waals surface area contributed by atoms with Gasteiger partial charge in [-0.1, -0.05) is 57.5 Å². The van der Waals surface area contributed by atoms with Gasteiger partial charge in [-0.2, -0.15) is 0 Å². The molecule has 0 saturated heterocycles. The molecule has 0 spiro atoms. The summed E-state index contributed by atoms with van der Waals surface area (Å²) in [6, 6.07) is 8.59. The number of Topliss-reactive ketones (excluding diaryl/α,β-unsaturated/α-hetero) is 1. The molecule has 0 heterocycles. The summed E-state index contributed by atoms with van der Waals surface area (Å²) in [5, 5.41) is 12.0. The molecule has 0 saturated carbocycles. The van der Waals surface area contributed by atoms with Crippen LogP contribution >= 0.6 is 0 Å². The average molecular weight is 361 g/mol. The summed E-state index contributed by atoms with van der Waals surface area (Å²) >= 11 is 0. The molecule has 144 valence electrons. The van der Waals surface area contributed by atoms with E-state index >= 15 is 0 Å². The molecule has 1 rings (SSSR count). The summed E-state index contributed by atoms with van der Waals surface area (Å²) < 4.78 is 0. The normalized spacial score (nSPS) is 13.2. The van der Waals surface area contributed by atoms with Crippen molar-refractivity contribution in [3.8, 4) is 0 Å². The number of carbonyl (C=O) groups is 3. The number of hydrogen-bond donors (Lipinski definition) is 2. The van der Waals surface area contributed by atoms with Crippen molar-refractivity contribution in [1.29, 1.82) is 0 Å². The van der Waals surface area contributed by atoms with Gasteiger partial charge in [-0.05, 0) is 30.7 Å². The smallest absolute Gasteiger partial charge is 0.326 e. The Morgan fingerprint density at radius 2 is 1.77 bits per heavy atom. The van der Waals surface area contributed by atoms with Crippen LogP contribution in [0.25, 0.3) is 0 Å². The Kier molecular flexibility index (Phi) is 9.63. The second kappa shape index (κ2) is 11.4. The lowest BCUT2D eigenvalue weighted by Crippen LogP contribution is -2.45. The van der Waals surface area contributed by atoms with Crippen LogP contribution in [-0.2, 0) is 20.8 Å². The fourth-order valence-corrected chi connectivity index (χ4v) is 2.89. The first-order valence-electron chi connectivity index (χ1n) is 9.42. The molecule has 2 N–H and O–H groups in total. The highest BCUT2D eigenvalue weighted by Gasteiger charge is 2.27. The summed E-state index contributed by atoms with van der Waals surface area (Å²) in [7, 11) is 0. The molecule has 0 radical (unpaired) electrons. The maximum absolute atomic E-state index is 12.7. The van der Waals surface area contributed by atoms with Crippen LogP contribution in [0.15, 0.2) is 30.3 Å². The molecule has 1 amide bonds. The van der Waals surface area contributed by atoms with Crippen molar-refractivity contribution < 1.29 is 19.5 Å². The van der Waals surface area contributed by atoms with Crippen LogP contribution in [0, 0.1) is 11.8 Å². The predicted molar refractivity (Wildman–Crippen MR) is 102 cm³/mol. The molecular formula is C21H31NO4. The lowest BCUT2D eigenvalue weighted by molar-refractivity contribution is -0.143. The zero-order valence-corrected chi connectivity index (χ0v) is 16.0. The topological polar surface area (TPSA) is 83.5 Å². The van der Waals surface area contributed by atoms with Gasteiger partial charge < -0.3 is 10.4 Å². The van der Waals surface area contributed by atoms with Gasteiger partial charge in [0.2, 0.25) is 5.91 Å². The van der Waals surface area contributed by atoms with Crippen molar-refractivity contribution in [3.63, 3.8) is 0 Å². The second-order valence-electron chi connectivity index (χ2n) is 7.26. The Labute approximate surface area is 156 Å². The van der Waals surface area contributed by atoms with Gasteiger partial charge >= 0.3 is 5.97 Å². The summed E-state index contributed by atoms with van der Waals surface area (Å²) in [4.78, 5) is 36.4. The molecule has 2 atom stereocenters. The fourth-order valence-electron chi connectivity index (χ4n) is 2.89. The molecule has 0 bridgehead atoms. The summed E-state index contributed by atoms with van der Waals surface area (Å²) in [6.45, 7) is 5.85. The lowest BCUT2D eigenvalue weighted by Gasteiger charge is -2.21. The van der Waals surface area contributed by atoms with Crippen molar-refractivity contribution in [2.75, 3.05) is 0 Å². The van der Waals surface area contributed by atoms with E-state index in [0.717, 1.165) is 18.4 Å². The van der Waals surface area contributed by atoms with Crippen LogP contribution in [0.2, 0.25) is 0 Å². The Morgan fingerprint density at radius 3 is 2.31 bits per heavy atom. The van der Waals surface area contributed by atoms with Gasteiger partial charge in [-0.25, -0.2) is 4.79 Å². The third-order valence-electron chi connectivity index (χ3n) is 4.30. The minimum absolute atomic E-state index is 0.0543. The quantitative estimate of drug-likeness (QED) is 0.596. The minimum Gasteiger partial charge on any atom is -0.480 e. The molecule has 0 aliphatic heterocycles. The zero-order chi connectivity index (χ0) is 19.5. The van der Waals surface area contributed by atoms with Crippen molar-refractivity contribution in [1.82, 2.24) is 5.32 Å². The first kappa shape index (κ1) is 21.9. The fraction of sp³-hybridized carbons (Fsp3) is 0.571. The first-order chi connectivity index (χ1) is 12.3. The maximum Gasteiger partial charge on any atom is 0.326 e. The third kappa shape index (κ3) is 8.28.